The van der Waals surface area contributed by atoms with Crippen molar-refractivity contribution in [3.05, 3.63) is 30.3 Å². The number of rotatable bonds is 6. The molecule has 1 atom stereocenters. The van der Waals surface area contributed by atoms with E-state index in [0.29, 0.717) is 17.8 Å². The Labute approximate surface area is 175 Å². The summed E-state index contributed by atoms with van der Waals surface area (Å²) in [6, 6.07) is 9.06. The number of hydrogen-bond donors (Lipinski definition) is 2. The molecule has 0 heterocycles. The first-order valence-corrected chi connectivity index (χ1v) is 11.3. The number of hydrogen-bond acceptors (Lipinski definition) is 5. The van der Waals surface area contributed by atoms with Gasteiger partial charge in [-0.25, -0.2) is 4.79 Å². The number of imide groups is 1. The molecule has 0 aromatic heterocycles. The van der Waals surface area contributed by atoms with E-state index < -0.39 is 29.8 Å². The number of carbonyl (C=O) groups is 3. The van der Waals surface area contributed by atoms with Gasteiger partial charge in [-0.3, -0.25) is 14.9 Å². The van der Waals surface area contributed by atoms with Crippen molar-refractivity contribution in [1.82, 2.24) is 10.6 Å². The Morgan fingerprint density at radius 3 is 2.24 bits per heavy atom. The number of thioether (sulfide) groups is 1. The fourth-order valence-corrected chi connectivity index (χ4v) is 6.59. The lowest BCUT2D eigenvalue weighted by molar-refractivity contribution is -0.147. The molecule has 6 nitrogen and oxygen atoms in total. The van der Waals surface area contributed by atoms with Crippen molar-refractivity contribution in [3.8, 4) is 0 Å². The largest absolute Gasteiger partial charge is 0.455 e. The van der Waals surface area contributed by atoms with Crippen molar-refractivity contribution in [2.45, 2.75) is 61.1 Å². The van der Waals surface area contributed by atoms with Crippen LogP contribution in [0.2, 0.25) is 0 Å². The summed E-state index contributed by atoms with van der Waals surface area (Å²) in [4.78, 5) is 37.5. The van der Waals surface area contributed by atoms with Crippen LogP contribution in [0.4, 0.5) is 4.79 Å². The molecule has 0 radical (unpaired) electrons. The topological polar surface area (TPSA) is 84.5 Å². The zero-order chi connectivity index (χ0) is 20.4. The van der Waals surface area contributed by atoms with Gasteiger partial charge < -0.3 is 10.1 Å². The molecule has 3 amide bonds. The summed E-state index contributed by atoms with van der Waals surface area (Å²) < 4.78 is 5.08. The molecule has 4 bridgehead atoms. The quantitative estimate of drug-likeness (QED) is 0.548. The van der Waals surface area contributed by atoms with Crippen molar-refractivity contribution < 1.29 is 19.1 Å². The average molecular weight is 417 g/mol. The molecule has 4 fully saturated rings. The van der Waals surface area contributed by atoms with E-state index in [1.165, 1.54) is 31.0 Å². The third-order valence-electron chi connectivity index (χ3n) is 6.40. The standard InChI is InChI=1S/C22H28N2O4S/c1-14(29-18-5-3-2-4-6-18)20(26)28-13-19(25)23-21(27)24-22-10-15-7-16(11-22)9-17(8-15)12-22/h2-6,14-17H,7-13H2,1H3,(H2,23,24,25,27)/t14-,15?,16?,17?,22?/m0/s1. The van der Waals surface area contributed by atoms with Gasteiger partial charge in [-0.2, -0.15) is 0 Å². The van der Waals surface area contributed by atoms with Gasteiger partial charge in [0.15, 0.2) is 6.61 Å². The van der Waals surface area contributed by atoms with Gasteiger partial charge in [-0.1, -0.05) is 18.2 Å². The average Bonchev–Trinajstić information content (AvgIpc) is 2.65. The van der Waals surface area contributed by atoms with Gasteiger partial charge in [0.2, 0.25) is 0 Å². The van der Waals surface area contributed by atoms with Crippen molar-refractivity contribution in [2.24, 2.45) is 17.8 Å². The second-order valence-electron chi connectivity index (χ2n) is 8.88. The second-order valence-corrected chi connectivity index (χ2v) is 10.3. The minimum atomic E-state index is -0.600. The van der Waals surface area contributed by atoms with Gasteiger partial charge >= 0.3 is 12.0 Å². The van der Waals surface area contributed by atoms with Crippen LogP contribution >= 0.6 is 11.8 Å². The van der Waals surface area contributed by atoms with Crippen molar-refractivity contribution in [1.29, 1.82) is 0 Å². The normalized spacial score (nSPS) is 30.4. The Balaban J connectivity index is 1.20. The molecule has 4 aliphatic carbocycles. The summed E-state index contributed by atoms with van der Waals surface area (Å²) in [7, 11) is 0. The SMILES string of the molecule is C[C@H](Sc1ccccc1)C(=O)OCC(=O)NC(=O)NC12CC3CC(CC(C3)C1)C2. The number of urea groups is 1. The summed E-state index contributed by atoms with van der Waals surface area (Å²) in [5.74, 6) is 1.05. The molecule has 0 aliphatic heterocycles. The molecule has 7 heteroatoms. The lowest BCUT2D eigenvalue weighted by Crippen LogP contribution is -2.62. The maximum absolute atomic E-state index is 12.4. The lowest BCUT2D eigenvalue weighted by atomic mass is 9.53. The van der Waals surface area contributed by atoms with Crippen molar-refractivity contribution >= 4 is 29.7 Å². The van der Waals surface area contributed by atoms with Gasteiger partial charge in [0, 0.05) is 10.4 Å². The molecule has 4 aliphatic rings. The molecule has 1 aromatic rings. The highest BCUT2D eigenvalue weighted by Gasteiger charge is 2.51. The smallest absolute Gasteiger partial charge is 0.321 e. The molecule has 0 spiro atoms. The summed E-state index contributed by atoms with van der Waals surface area (Å²) in [5.41, 5.74) is -0.156. The molecular weight excluding hydrogens is 388 g/mol. The Hall–Kier alpha value is -2.02. The monoisotopic (exact) mass is 416 g/mol. The Morgan fingerprint density at radius 1 is 1.07 bits per heavy atom. The predicted octanol–water partition coefficient (Wildman–Crippen LogP) is 3.51. The fourth-order valence-electron chi connectivity index (χ4n) is 5.70. The third kappa shape index (κ3) is 4.94. The molecular formula is C22H28N2O4S. The van der Waals surface area contributed by atoms with Crippen LogP contribution in [0, 0.1) is 17.8 Å². The van der Waals surface area contributed by atoms with Crippen LogP contribution in [0.25, 0.3) is 0 Å². The summed E-state index contributed by atoms with van der Waals surface area (Å²) in [6.07, 6.45) is 6.92. The maximum Gasteiger partial charge on any atom is 0.321 e. The molecule has 2 N–H and O–H groups in total. The Morgan fingerprint density at radius 2 is 1.66 bits per heavy atom. The number of benzene rings is 1. The number of ether oxygens (including phenoxy) is 1. The lowest BCUT2D eigenvalue weighted by Gasteiger charge is -2.56. The first kappa shape index (κ1) is 20.3. The van der Waals surface area contributed by atoms with Gasteiger partial charge in [0.25, 0.3) is 5.91 Å². The Kier molecular flexibility index (Phi) is 5.86. The zero-order valence-electron chi connectivity index (χ0n) is 16.7. The van der Waals surface area contributed by atoms with Crippen molar-refractivity contribution in [2.75, 3.05) is 6.61 Å². The Bertz CT molecular complexity index is 747. The van der Waals surface area contributed by atoms with E-state index in [4.69, 9.17) is 4.74 Å². The van der Waals surface area contributed by atoms with Crippen LogP contribution in [0.15, 0.2) is 35.2 Å². The highest BCUT2D eigenvalue weighted by atomic mass is 32.2. The van der Waals surface area contributed by atoms with Crippen LogP contribution in [0.1, 0.15) is 45.4 Å². The van der Waals surface area contributed by atoms with Gasteiger partial charge in [-0.05, 0) is 75.3 Å². The zero-order valence-corrected chi connectivity index (χ0v) is 17.5. The first-order valence-electron chi connectivity index (χ1n) is 10.4. The second kappa shape index (κ2) is 8.38. The molecule has 0 saturated heterocycles. The van der Waals surface area contributed by atoms with E-state index in [1.54, 1.807) is 6.92 Å². The van der Waals surface area contributed by atoms with Gasteiger partial charge in [0.05, 0.1) is 0 Å². The minimum absolute atomic E-state index is 0.156. The van der Waals surface area contributed by atoms with Gasteiger partial charge in [-0.15, -0.1) is 11.8 Å². The number of amides is 3. The third-order valence-corrected chi connectivity index (χ3v) is 7.49. The number of nitrogens with one attached hydrogen (secondary N) is 2. The van der Waals surface area contributed by atoms with E-state index in [-0.39, 0.29) is 5.54 Å². The predicted molar refractivity (Wildman–Crippen MR) is 110 cm³/mol. The summed E-state index contributed by atoms with van der Waals surface area (Å²) in [6.45, 7) is 1.28. The molecule has 5 rings (SSSR count). The van der Waals surface area contributed by atoms with Gasteiger partial charge in [0.1, 0.15) is 5.25 Å². The first-order chi connectivity index (χ1) is 13.9. The molecule has 1 aromatic carbocycles. The highest BCUT2D eigenvalue weighted by Crippen LogP contribution is 2.55. The molecule has 156 valence electrons. The number of carbonyl (C=O) groups excluding carboxylic acids is 3. The molecule has 0 unspecified atom stereocenters. The van der Waals surface area contributed by atoms with Crippen LogP contribution in [0.5, 0.6) is 0 Å². The van der Waals surface area contributed by atoms with E-state index in [9.17, 15) is 14.4 Å². The van der Waals surface area contributed by atoms with Crippen LogP contribution in [-0.2, 0) is 14.3 Å². The molecule has 29 heavy (non-hydrogen) atoms. The van der Waals surface area contributed by atoms with E-state index in [2.05, 4.69) is 10.6 Å². The fraction of sp³-hybridized carbons (Fsp3) is 0.591. The van der Waals surface area contributed by atoms with E-state index >= 15 is 0 Å². The summed E-state index contributed by atoms with van der Waals surface area (Å²) >= 11 is 1.37. The molecule has 4 saturated carbocycles. The maximum atomic E-state index is 12.4. The van der Waals surface area contributed by atoms with Crippen molar-refractivity contribution in [3.63, 3.8) is 0 Å². The van der Waals surface area contributed by atoms with E-state index in [1.807, 2.05) is 30.3 Å². The van der Waals surface area contributed by atoms with Crippen LogP contribution in [-0.4, -0.2) is 35.3 Å². The van der Waals surface area contributed by atoms with E-state index in [0.717, 1.165) is 24.2 Å². The highest BCUT2D eigenvalue weighted by molar-refractivity contribution is 8.00. The minimum Gasteiger partial charge on any atom is -0.455 e. The van der Waals surface area contributed by atoms with Crippen LogP contribution in [0.3, 0.4) is 0 Å². The summed E-state index contributed by atoms with van der Waals surface area (Å²) in [5, 5.41) is 4.97. The van der Waals surface area contributed by atoms with Crippen LogP contribution < -0.4 is 10.6 Å². The number of esters is 1.